The quantitative estimate of drug-likeness (QED) is 0.675. The highest BCUT2D eigenvalue weighted by atomic mass is 16.5. The molecule has 1 heterocycles. The Kier molecular flexibility index (Phi) is 7.55. The van der Waals surface area contributed by atoms with E-state index < -0.39 is 12.0 Å². The van der Waals surface area contributed by atoms with Gasteiger partial charge in [0.15, 0.2) is 0 Å². The smallest absolute Gasteiger partial charge is 0.326 e. The number of nitrogens with zero attached hydrogens (tertiary/aromatic N) is 1. The summed E-state index contributed by atoms with van der Waals surface area (Å²) >= 11 is 0. The number of nitrogens with one attached hydrogen (secondary N) is 1. The van der Waals surface area contributed by atoms with Crippen molar-refractivity contribution in [3.63, 3.8) is 0 Å². The lowest BCUT2D eigenvalue weighted by Gasteiger charge is -2.33. The second-order valence-electron chi connectivity index (χ2n) is 6.02. The summed E-state index contributed by atoms with van der Waals surface area (Å²) in [5.41, 5.74) is 0.802. The minimum atomic E-state index is -0.990. The number of amides is 2. The van der Waals surface area contributed by atoms with Crippen molar-refractivity contribution in [2.45, 2.75) is 25.3 Å². The maximum Gasteiger partial charge on any atom is 0.326 e. The summed E-state index contributed by atoms with van der Waals surface area (Å²) in [6.07, 6.45) is 2.03. The number of carbonyl (C=O) groups excluding carboxylic acids is 2. The molecule has 1 aliphatic heterocycles. The van der Waals surface area contributed by atoms with Crippen LogP contribution in [0.1, 0.15) is 29.6 Å². The van der Waals surface area contributed by atoms with Crippen LogP contribution in [0, 0.1) is 0 Å². The van der Waals surface area contributed by atoms with Crippen molar-refractivity contribution < 1.29 is 29.0 Å². The largest absolute Gasteiger partial charge is 0.480 e. The molecule has 1 aliphatic rings. The molecule has 0 saturated carbocycles. The number of likely N-dealkylation sites (tertiary alicyclic amines) is 1. The average molecular weight is 364 g/mol. The fraction of sp³-hybridized carbons (Fsp3) is 0.500. The molecule has 1 atom stereocenters. The summed E-state index contributed by atoms with van der Waals surface area (Å²) in [6.45, 7) is 1.01. The molecule has 142 valence electrons. The topological polar surface area (TPSA) is 105 Å². The van der Waals surface area contributed by atoms with Gasteiger partial charge in [0.25, 0.3) is 5.91 Å². The summed E-state index contributed by atoms with van der Waals surface area (Å²) in [4.78, 5) is 37.3. The van der Waals surface area contributed by atoms with E-state index in [0.29, 0.717) is 37.4 Å². The predicted octanol–water partition coefficient (Wildman–Crippen LogP) is 1.37. The SMILES string of the molecule is COCCOCC(=O)Nc1cccc(C(=O)N2CCCCC2C(=O)O)c1. The van der Waals surface area contributed by atoms with Crippen LogP contribution in [-0.4, -0.2) is 67.3 Å². The molecule has 0 radical (unpaired) electrons. The van der Waals surface area contributed by atoms with Crippen LogP contribution in [0.15, 0.2) is 24.3 Å². The highest BCUT2D eigenvalue weighted by Crippen LogP contribution is 2.21. The Labute approximate surface area is 152 Å². The second-order valence-corrected chi connectivity index (χ2v) is 6.02. The van der Waals surface area contributed by atoms with Crippen LogP contribution >= 0.6 is 0 Å². The van der Waals surface area contributed by atoms with Crippen molar-refractivity contribution >= 4 is 23.5 Å². The first-order valence-electron chi connectivity index (χ1n) is 8.53. The lowest BCUT2D eigenvalue weighted by molar-refractivity contribution is -0.143. The first-order chi connectivity index (χ1) is 12.5. The average Bonchev–Trinajstić information content (AvgIpc) is 2.65. The molecule has 0 spiro atoms. The lowest BCUT2D eigenvalue weighted by atomic mass is 10.0. The highest BCUT2D eigenvalue weighted by molar-refractivity contribution is 5.99. The van der Waals surface area contributed by atoms with Crippen LogP contribution in [-0.2, 0) is 19.1 Å². The molecule has 0 bridgehead atoms. The van der Waals surface area contributed by atoms with Gasteiger partial charge in [-0.05, 0) is 37.5 Å². The molecule has 2 rings (SSSR count). The number of carboxylic acid groups (broad SMARTS) is 1. The van der Waals surface area contributed by atoms with Crippen molar-refractivity contribution in [1.82, 2.24) is 4.90 Å². The first kappa shape index (κ1) is 19.9. The van der Waals surface area contributed by atoms with E-state index in [-0.39, 0.29) is 18.4 Å². The van der Waals surface area contributed by atoms with Gasteiger partial charge in [0.05, 0.1) is 13.2 Å². The van der Waals surface area contributed by atoms with Crippen molar-refractivity contribution in [2.24, 2.45) is 0 Å². The van der Waals surface area contributed by atoms with Gasteiger partial charge in [-0.3, -0.25) is 9.59 Å². The molecule has 2 amide bonds. The van der Waals surface area contributed by atoms with E-state index in [0.717, 1.165) is 12.8 Å². The zero-order valence-corrected chi connectivity index (χ0v) is 14.8. The van der Waals surface area contributed by atoms with Crippen molar-refractivity contribution in [3.05, 3.63) is 29.8 Å². The van der Waals surface area contributed by atoms with Crippen LogP contribution in [0.2, 0.25) is 0 Å². The van der Waals surface area contributed by atoms with Crippen LogP contribution in [0.4, 0.5) is 5.69 Å². The predicted molar refractivity (Wildman–Crippen MR) is 94.1 cm³/mol. The van der Waals surface area contributed by atoms with Crippen molar-refractivity contribution in [2.75, 3.05) is 38.8 Å². The van der Waals surface area contributed by atoms with Gasteiger partial charge in [-0.2, -0.15) is 0 Å². The summed E-state index contributed by atoms with van der Waals surface area (Å²) < 4.78 is 9.97. The molecule has 1 aromatic rings. The number of anilines is 1. The molecule has 0 aromatic heterocycles. The monoisotopic (exact) mass is 364 g/mol. The molecule has 1 unspecified atom stereocenters. The van der Waals surface area contributed by atoms with Gasteiger partial charge in [0.2, 0.25) is 5.91 Å². The van der Waals surface area contributed by atoms with Crippen molar-refractivity contribution in [3.8, 4) is 0 Å². The van der Waals surface area contributed by atoms with E-state index in [1.807, 2.05) is 0 Å². The minimum Gasteiger partial charge on any atom is -0.480 e. The molecule has 0 aliphatic carbocycles. The maximum atomic E-state index is 12.7. The zero-order valence-electron chi connectivity index (χ0n) is 14.8. The van der Waals surface area contributed by atoms with Gasteiger partial charge < -0.3 is 24.8 Å². The number of aliphatic carboxylic acids is 1. The third kappa shape index (κ3) is 5.53. The van der Waals surface area contributed by atoms with Crippen LogP contribution in [0.25, 0.3) is 0 Å². The van der Waals surface area contributed by atoms with Gasteiger partial charge in [-0.1, -0.05) is 6.07 Å². The Morgan fingerprint density at radius 3 is 2.81 bits per heavy atom. The van der Waals surface area contributed by atoms with Crippen LogP contribution in [0.5, 0.6) is 0 Å². The minimum absolute atomic E-state index is 0.116. The van der Waals surface area contributed by atoms with Crippen LogP contribution in [0.3, 0.4) is 0 Å². The van der Waals surface area contributed by atoms with Crippen molar-refractivity contribution in [1.29, 1.82) is 0 Å². The number of hydrogen-bond acceptors (Lipinski definition) is 5. The van der Waals surface area contributed by atoms with E-state index in [1.165, 1.54) is 4.90 Å². The zero-order chi connectivity index (χ0) is 18.9. The van der Waals surface area contributed by atoms with E-state index in [2.05, 4.69) is 5.32 Å². The van der Waals surface area contributed by atoms with E-state index in [1.54, 1.807) is 31.4 Å². The van der Waals surface area contributed by atoms with E-state index >= 15 is 0 Å². The number of carboxylic acids is 1. The molecular weight excluding hydrogens is 340 g/mol. The first-order valence-corrected chi connectivity index (χ1v) is 8.53. The fourth-order valence-corrected chi connectivity index (χ4v) is 2.83. The Morgan fingerprint density at radius 2 is 2.08 bits per heavy atom. The lowest BCUT2D eigenvalue weighted by Crippen LogP contribution is -2.48. The highest BCUT2D eigenvalue weighted by Gasteiger charge is 2.32. The van der Waals surface area contributed by atoms with Gasteiger partial charge >= 0.3 is 5.97 Å². The molecule has 2 N–H and O–H groups in total. The van der Waals surface area contributed by atoms with Gasteiger partial charge in [0.1, 0.15) is 12.6 Å². The maximum absolute atomic E-state index is 12.7. The number of piperidine rings is 1. The number of ether oxygens (including phenoxy) is 2. The van der Waals surface area contributed by atoms with Crippen LogP contribution < -0.4 is 5.32 Å². The summed E-state index contributed by atoms with van der Waals surface area (Å²) in [5, 5.41) is 12.0. The number of rotatable bonds is 8. The molecule has 1 saturated heterocycles. The number of carbonyl (C=O) groups is 3. The summed E-state index contributed by atoms with van der Waals surface area (Å²) in [6, 6.07) is 5.66. The Morgan fingerprint density at radius 1 is 1.27 bits per heavy atom. The Bertz CT molecular complexity index is 648. The number of methoxy groups -OCH3 is 1. The number of hydrogen-bond donors (Lipinski definition) is 2. The third-order valence-electron chi connectivity index (χ3n) is 4.11. The molecule has 1 fully saturated rings. The molecule has 1 aromatic carbocycles. The second kappa shape index (κ2) is 9.88. The molecule has 26 heavy (non-hydrogen) atoms. The van der Waals surface area contributed by atoms with Gasteiger partial charge in [-0.15, -0.1) is 0 Å². The summed E-state index contributed by atoms with van der Waals surface area (Å²) in [7, 11) is 1.54. The molecule has 8 heteroatoms. The standard InChI is InChI=1S/C18H24N2O6/c1-25-9-10-26-12-16(21)19-14-6-4-5-13(11-14)17(22)20-8-3-2-7-15(20)18(23)24/h4-6,11,15H,2-3,7-10,12H2,1H3,(H,19,21)(H,23,24). The Hall–Kier alpha value is -2.45. The normalized spacial score (nSPS) is 17.0. The van der Waals surface area contributed by atoms with Gasteiger partial charge in [0, 0.05) is 24.9 Å². The number of benzene rings is 1. The van der Waals surface area contributed by atoms with E-state index in [9.17, 15) is 19.5 Å². The van der Waals surface area contributed by atoms with Gasteiger partial charge in [-0.25, -0.2) is 4.79 Å². The summed E-state index contributed by atoms with van der Waals surface area (Å²) in [5.74, 6) is -1.67. The van der Waals surface area contributed by atoms with E-state index in [4.69, 9.17) is 9.47 Å². The molecule has 8 nitrogen and oxygen atoms in total. The Balaban J connectivity index is 2.00. The fourth-order valence-electron chi connectivity index (χ4n) is 2.83. The third-order valence-corrected chi connectivity index (χ3v) is 4.11. The molecular formula is C18H24N2O6.